The zero-order valence-electron chi connectivity index (χ0n) is 22.0. The zero-order valence-corrected chi connectivity index (χ0v) is 22.0. The Bertz CT molecular complexity index is 1810. The maximum atomic E-state index is 13.1. The molecule has 0 radical (unpaired) electrons. The summed E-state index contributed by atoms with van der Waals surface area (Å²) in [6.07, 6.45) is 10.1. The van der Waals surface area contributed by atoms with Gasteiger partial charge < -0.3 is 19.6 Å². The third-order valence-electron chi connectivity index (χ3n) is 7.60. The highest BCUT2D eigenvalue weighted by atomic mass is 16.3. The fraction of sp³-hybridized carbons (Fsp3) is 0.250. The van der Waals surface area contributed by atoms with E-state index in [1.807, 2.05) is 61.1 Å². The molecule has 2 N–H and O–H groups in total. The monoisotopic (exact) mass is 531 g/mol. The first-order valence-electron chi connectivity index (χ1n) is 13.5. The minimum atomic E-state index is -0.583. The number of pyridine rings is 2. The van der Waals surface area contributed by atoms with Gasteiger partial charge in [-0.25, -0.2) is 4.98 Å². The van der Waals surface area contributed by atoms with Gasteiger partial charge in [0.15, 0.2) is 0 Å². The highest BCUT2D eigenvalue weighted by molar-refractivity contribution is 6.02. The van der Waals surface area contributed by atoms with E-state index in [4.69, 9.17) is 0 Å². The van der Waals surface area contributed by atoms with E-state index in [-0.39, 0.29) is 18.7 Å². The summed E-state index contributed by atoms with van der Waals surface area (Å²) in [6, 6.07) is 18.1. The number of rotatable bonds is 6. The number of aromatic nitrogens is 4. The minimum Gasteiger partial charge on any atom is -0.394 e. The van der Waals surface area contributed by atoms with E-state index in [0.717, 1.165) is 45.9 Å². The molecule has 0 bridgehead atoms. The number of nitrogens with one attached hydrogen (secondary N) is 1. The van der Waals surface area contributed by atoms with Crippen LogP contribution in [0.4, 0.5) is 0 Å². The van der Waals surface area contributed by atoms with Crippen molar-refractivity contribution < 1.29 is 9.90 Å². The smallest absolute Gasteiger partial charge is 0.264 e. The van der Waals surface area contributed by atoms with Crippen LogP contribution in [0.3, 0.4) is 0 Å². The topological polar surface area (TPSA) is 102 Å². The average molecular weight is 532 g/mol. The van der Waals surface area contributed by atoms with Gasteiger partial charge in [-0.05, 0) is 48.7 Å². The van der Waals surface area contributed by atoms with E-state index < -0.39 is 17.5 Å². The van der Waals surface area contributed by atoms with E-state index in [1.165, 1.54) is 23.5 Å². The van der Waals surface area contributed by atoms with E-state index in [1.54, 1.807) is 12.3 Å². The summed E-state index contributed by atoms with van der Waals surface area (Å²) in [5.41, 5.74) is 3.98. The van der Waals surface area contributed by atoms with Crippen LogP contribution in [0.1, 0.15) is 59.3 Å². The van der Waals surface area contributed by atoms with Gasteiger partial charge >= 0.3 is 0 Å². The molecule has 5 aromatic rings. The van der Waals surface area contributed by atoms with Gasteiger partial charge in [-0.2, -0.15) is 0 Å². The Morgan fingerprint density at radius 3 is 2.67 bits per heavy atom. The Morgan fingerprint density at radius 1 is 1.05 bits per heavy atom. The van der Waals surface area contributed by atoms with Gasteiger partial charge in [0.25, 0.3) is 11.5 Å². The van der Waals surface area contributed by atoms with E-state index in [9.17, 15) is 14.7 Å². The molecule has 1 fully saturated rings. The molecular formula is C32H29N5O3. The summed E-state index contributed by atoms with van der Waals surface area (Å²) in [5.74, 6) is 5.61. The SMILES string of the molecule is O=C(NCC#Cc1ccc2ncc3ncn(C4CCCC4)c3c2c1)c1cccn([C@H](CO)c2ccccc2)c1=O. The number of amides is 1. The van der Waals surface area contributed by atoms with Crippen molar-refractivity contribution in [3.63, 3.8) is 0 Å². The number of aliphatic hydroxyl groups excluding tert-OH is 1. The predicted molar refractivity (Wildman–Crippen MR) is 154 cm³/mol. The lowest BCUT2D eigenvalue weighted by molar-refractivity contribution is 0.0956. The number of hydrogen-bond donors (Lipinski definition) is 2. The molecule has 2 aromatic carbocycles. The third-order valence-corrected chi connectivity index (χ3v) is 7.60. The molecule has 1 aliphatic carbocycles. The summed E-state index contributed by atoms with van der Waals surface area (Å²) >= 11 is 0. The third kappa shape index (κ3) is 4.88. The molecule has 3 aromatic heterocycles. The van der Waals surface area contributed by atoms with Crippen molar-refractivity contribution in [3.8, 4) is 11.8 Å². The van der Waals surface area contributed by atoms with Gasteiger partial charge in [0, 0.05) is 23.2 Å². The summed E-state index contributed by atoms with van der Waals surface area (Å²) in [5, 5.41) is 13.7. The van der Waals surface area contributed by atoms with Crippen molar-refractivity contribution in [2.75, 3.05) is 13.2 Å². The minimum absolute atomic E-state index is 0.00183. The zero-order chi connectivity index (χ0) is 27.5. The summed E-state index contributed by atoms with van der Waals surface area (Å²) < 4.78 is 3.67. The van der Waals surface area contributed by atoms with Crippen molar-refractivity contribution in [1.82, 2.24) is 24.4 Å². The molecule has 40 heavy (non-hydrogen) atoms. The fourth-order valence-corrected chi connectivity index (χ4v) is 5.58. The second-order valence-corrected chi connectivity index (χ2v) is 10.0. The van der Waals surface area contributed by atoms with Crippen LogP contribution in [-0.2, 0) is 0 Å². The highest BCUT2D eigenvalue weighted by Gasteiger charge is 2.21. The van der Waals surface area contributed by atoms with Crippen molar-refractivity contribution in [3.05, 3.63) is 106 Å². The van der Waals surface area contributed by atoms with E-state index in [0.29, 0.717) is 6.04 Å². The second kappa shape index (κ2) is 11.2. The number of carbonyl (C=O) groups excluding carboxylic acids is 1. The first-order valence-corrected chi connectivity index (χ1v) is 13.5. The molecular weight excluding hydrogens is 502 g/mol. The van der Waals surface area contributed by atoms with Crippen LogP contribution in [0.25, 0.3) is 21.9 Å². The first-order chi connectivity index (χ1) is 19.6. The van der Waals surface area contributed by atoms with Crippen LogP contribution in [0.5, 0.6) is 0 Å². The Labute approximate surface area is 231 Å². The molecule has 3 heterocycles. The van der Waals surface area contributed by atoms with Gasteiger partial charge in [-0.15, -0.1) is 0 Å². The van der Waals surface area contributed by atoms with Crippen LogP contribution in [-0.4, -0.2) is 43.3 Å². The molecule has 0 unspecified atom stereocenters. The molecule has 1 saturated carbocycles. The molecule has 200 valence electrons. The number of imidazole rings is 1. The Hall–Kier alpha value is -4.74. The van der Waals surface area contributed by atoms with Gasteiger partial charge in [-0.1, -0.05) is 55.0 Å². The van der Waals surface area contributed by atoms with Gasteiger partial charge in [0.1, 0.15) is 11.1 Å². The molecule has 1 amide bonds. The molecule has 8 heteroatoms. The van der Waals surface area contributed by atoms with Crippen LogP contribution in [0, 0.1) is 11.8 Å². The summed E-state index contributed by atoms with van der Waals surface area (Å²) in [4.78, 5) is 35.1. The van der Waals surface area contributed by atoms with Gasteiger partial charge in [0.2, 0.25) is 0 Å². The summed E-state index contributed by atoms with van der Waals surface area (Å²) in [6.45, 7) is -0.189. The Kier molecular flexibility index (Phi) is 7.13. The van der Waals surface area contributed by atoms with Crippen LogP contribution < -0.4 is 10.9 Å². The van der Waals surface area contributed by atoms with Crippen LogP contribution in [0.2, 0.25) is 0 Å². The molecule has 8 nitrogen and oxygen atoms in total. The fourth-order valence-electron chi connectivity index (χ4n) is 5.58. The Morgan fingerprint density at radius 2 is 1.88 bits per heavy atom. The van der Waals surface area contributed by atoms with Crippen LogP contribution in [0.15, 0.2) is 84.2 Å². The first kappa shape index (κ1) is 25.5. The maximum absolute atomic E-state index is 13.1. The molecule has 1 aliphatic rings. The average Bonchev–Trinajstić information content (AvgIpc) is 3.67. The molecule has 0 spiro atoms. The lowest BCUT2D eigenvalue weighted by Crippen LogP contribution is -2.35. The quantitative estimate of drug-likeness (QED) is 0.320. The molecule has 6 rings (SSSR count). The standard InChI is InChI=1S/C32H29N5O3/c38-20-29(23-9-2-1-3-10-23)36-17-7-13-25(32(36)40)31(39)33-16-6-8-22-14-15-27-26(18-22)30-28(19-34-27)35-21-37(30)24-11-4-5-12-24/h1-3,7,9-10,13-15,17-19,21,24,29,38H,4-5,11-12,16,20H2,(H,33,39)/t29-/m1/s1. The number of hydrogen-bond acceptors (Lipinski definition) is 5. The van der Waals surface area contributed by atoms with Crippen molar-refractivity contribution in [2.24, 2.45) is 0 Å². The van der Waals surface area contributed by atoms with Gasteiger partial charge in [-0.3, -0.25) is 14.6 Å². The van der Waals surface area contributed by atoms with Gasteiger partial charge in [0.05, 0.1) is 42.8 Å². The maximum Gasteiger partial charge on any atom is 0.264 e. The number of carbonyl (C=O) groups is 1. The lowest BCUT2D eigenvalue weighted by atomic mass is 10.1. The van der Waals surface area contributed by atoms with Crippen LogP contribution >= 0.6 is 0 Å². The second-order valence-electron chi connectivity index (χ2n) is 10.0. The molecule has 0 aliphatic heterocycles. The van der Waals surface area contributed by atoms with E-state index in [2.05, 4.69) is 31.7 Å². The van der Waals surface area contributed by atoms with Crippen molar-refractivity contribution in [2.45, 2.75) is 37.8 Å². The largest absolute Gasteiger partial charge is 0.394 e. The number of aliphatic hydroxyl groups is 1. The predicted octanol–water partition coefficient (Wildman–Crippen LogP) is 4.22. The van der Waals surface area contributed by atoms with E-state index >= 15 is 0 Å². The number of fused-ring (bicyclic) bond motifs is 3. The van der Waals surface area contributed by atoms with Crippen molar-refractivity contribution in [1.29, 1.82) is 0 Å². The number of benzene rings is 2. The lowest BCUT2D eigenvalue weighted by Gasteiger charge is -2.18. The normalized spacial score (nSPS) is 14.2. The molecule has 0 saturated heterocycles. The molecule has 1 atom stereocenters. The summed E-state index contributed by atoms with van der Waals surface area (Å²) in [7, 11) is 0. The number of nitrogens with zero attached hydrogens (tertiary/aromatic N) is 4. The van der Waals surface area contributed by atoms with Crippen molar-refractivity contribution >= 4 is 27.8 Å². The Balaban J connectivity index is 1.20. The highest BCUT2D eigenvalue weighted by Crippen LogP contribution is 2.34.